The van der Waals surface area contributed by atoms with Crippen LogP contribution in [-0.4, -0.2) is 34.4 Å². The van der Waals surface area contributed by atoms with E-state index in [0.29, 0.717) is 6.54 Å². The molecule has 1 aliphatic heterocycles. The number of methoxy groups -OCH3 is 1. The number of benzene rings is 1. The fraction of sp³-hybridized carbons (Fsp3) is 0.409. The SMILES string of the molecule is COc1ccc(-c2ncnc3c2CN(C(=O)C2(C)CC=CCC2)CC3)cc1. The van der Waals surface area contributed by atoms with Gasteiger partial charge in [0.15, 0.2) is 0 Å². The van der Waals surface area contributed by atoms with E-state index >= 15 is 0 Å². The normalized spacial score (nSPS) is 21.6. The number of ether oxygens (including phenoxy) is 1. The van der Waals surface area contributed by atoms with Gasteiger partial charge in [-0.2, -0.15) is 0 Å². The summed E-state index contributed by atoms with van der Waals surface area (Å²) in [5, 5.41) is 0. The Balaban J connectivity index is 1.63. The quantitative estimate of drug-likeness (QED) is 0.779. The predicted molar refractivity (Wildman–Crippen MR) is 104 cm³/mol. The Labute approximate surface area is 160 Å². The minimum absolute atomic E-state index is 0.252. The molecule has 1 aromatic heterocycles. The van der Waals surface area contributed by atoms with Gasteiger partial charge in [0.2, 0.25) is 5.91 Å². The van der Waals surface area contributed by atoms with Crippen LogP contribution in [0, 0.1) is 5.41 Å². The van der Waals surface area contributed by atoms with Crippen LogP contribution in [0.2, 0.25) is 0 Å². The maximum atomic E-state index is 13.3. The standard InChI is InChI=1S/C22H25N3O2/c1-22(11-4-3-5-12-22)21(26)25-13-10-19-18(14-25)20(24-15-23-19)16-6-8-17(27-2)9-7-16/h3-4,6-9,15H,5,10-14H2,1-2H3. The molecule has 2 aliphatic rings. The van der Waals surface area contributed by atoms with E-state index in [4.69, 9.17) is 4.74 Å². The zero-order chi connectivity index (χ0) is 18.9. The molecule has 2 aromatic rings. The lowest BCUT2D eigenvalue weighted by atomic mass is 9.77. The van der Waals surface area contributed by atoms with Crippen molar-refractivity contribution < 1.29 is 9.53 Å². The first-order chi connectivity index (χ1) is 13.1. The van der Waals surface area contributed by atoms with E-state index in [-0.39, 0.29) is 11.3 Å². The number of carbonyl (C=O) groups excluding carboxylic acids is 1. The highest BCUT2D eigenvalue weighted by atomic mass is 16.5. The van der Waals surface area contributed by atoms with Crippen molar-refractivity contribution in [2.75, 3.05) is 13.7 Å². The molecule has 0 spiro atoms. The van der Waals surface area contributed by atoms with Crippen LogP contribution in [0.4, 0.5) is 0 Å². The van der Waals surface area contributed by atoms with Crippen molar-refractivity contribution in [3.05, 3.63) is 54.0 Å². The van der Waals surface area contributed by atoms with Gasteiger partial charge in [-0.25, -0.2) is 9.97 Å². The lowest BCUT2D eigenvalue weighted by molar-refractivity contribution is -0.142. The Kier molecular flexibility index (Phi) is 4.68. The van der Waals surface area contributed by atoms with Crippen LogP contribution in [0.1, 0.15) is 37.4 Å². The van der Waals surface area contributed by atoms with Gasteiger partial charge in [-0.15, -0.1) is 0 Å². The van der Waals surface area contributed by atoms with Crippen LogP contribution in [0.5, 0.6) is 5.75 Å². The van der Waals surface area contributed by atoms with E-state index in [1.54, 1.807) is 13.4 Å². The highest BCUT2D eigenvalue weighted by Crippen LogP contribution is 2.36. The summed E-state index contributed by atoms with van der Waals surface area (Å²) < 4.78 is 5.25. The second-order valence-electron chi connectivity index (χ2n) is 7.63. The predicted octanol–water partition coefficient (Wildman–Crippen LogP) is 3.78. The van der Waals surface area contributed by atoms with E-state index < -0.39 is 0 Å². The van der Waals surface area contributed by atoms with E-state index in [0.717, 1.165) is 60.5 Å². The highest BCUT2D eigenvalue weighted by molar-refractivity contribution is 5.83. The van der Waals surface area contributed by atoms with Crippen molar-refractivity contribution in [2.45, 2.75) is 39.2 Å². The number of hydrogen-bond donors (Lipinski definition) is 0. The van der Waals surface area contributed by atoms with Crippen molar-refractivity contribution in [3.8, 4) is 17.0 Å². The monoisotopic (exact) mass is 363 g/mol. The van der Waals surface area contributed by atoms with Crippen LogP contribution in [0.15, 0.2) is 42.7 Å². The molecule has 0 saturated carbocycles. The fourth-order valence-corrected chi connectivity index (χ4v) is 4.05. The topological polar surface area (TPSA) is 55.3 Å². The molecule has 140 valence electrons. The Morgan fingerprint density at radius 3 is 2.70 bits per heavy atom. The largest absolute Gasteiger partial charge is 0.497 e. The Hall–Kier alpha value is -2.69. The van der Waals surface area contributed by atoms with E-state index in [9.17, 15) is 4.79 Å². The molecular weight excluding hydrogens is 338 g/mol. The third kappa shape index (κ3) is 3.34. The molecule has 0 N–H and O–H groups in total. The molecule has 2 heterocycles. The first-order valence-corrected chi connectivity index (χ1v) is 9.52. The van der Waals surface area contributed by atoms with E-state index in [2.05, 4.69) is 29.0 Å². The summed E-state index contributed by atoms with van der Waals surface area (Å²) in [5.41, 5.74) is 3.76. The first kappa shape index (κ1) is 17.7. The molecule has 0 bridgehead atoms. The van der Waals surface area contributed by atoms with Gasteiger partial charge in [0.05, 0.1) is 23.9 Å². The number of carbonyl (C=O) groups is 1. The molecule has 1 amide bonds. The molecule has 1 unspecified atom stereocenters. The Morgan fingerprint density at radius 2 is 2.00 bits per heavy atom. The summed E-state index contributed by atoms with van der Waals surface area (Å²) in [7, 11) is 1.66. The van der Waals surface area contributed by atoms with E-state index in [1.807, 2.05) is 29.2 Å². The fourth-order valence-electron chi connectivity index (χ4n) is 4.05. The molecule has 5 nitrogen and oxygen atoms in total. The second-order valence-corrected chi connectivity index (χ2v) is 7.63. The number of fused-ring (bicyclic) bond motifs is 1. The molecule has 0 fully saturated rings. The van der Waals surface area contributed by atoms with Crippen LogP contribution < -0.4 is 4.74 Å². The van der Waals surface area contributed by atoms with Crippen molar-refractivity contribution in [3.63, 3.8) is 0 Å². The Bertz CT molecular complexity index is 876. The summed E-state index contributed by atoms with van der Waals surface area (Å²) in [6.45, 7) is 3.40. The molecule has 1 atom stereocenters. The van der Waals surface area contributed by atoms with Crippen molar-refractivity contribution in [1.82, 2.24) is 14.9 Å². The van der Waals surface area contributed by atoms with Crippen molar-refractivity contribution >= 4 is 5.91 Å². The van der Waals surface area contributed by atoms with Gasteiger partial charge >= 0.3 is 0 Å². The second kappa shape index (κ2) is 7.14. The molecule has 1 aromatic carbocycles. The van der Waals surface area contributed by atoms with Gasteiger partial charge < -0.3 is 9.64 Å². The molecular formula is C22H25N3O2. The zero-order valence-corrected chi connectivity index (χ0v) is 15.9. The summed E-state index contributed by atoms with van der Waals surface area (Å²) in [6.07, 6.45) is 9.45. The molecule has 0 saturated heterocycles. The minimum atomic E-state index is -0.290. The first-order valence-electron chi connectivity index (χ1n) is 9.52. The minimum Gasteiger partial charge on any atom is -0.497 e. The summed E-state index contributed by atoms with van der Waals surface area (Å²) in [6, 6.07) is 7.89. The summed E-state index contributed by atoms with van der Waals surface area (Å²) in [5.74, 6) is 1.07. The number of allylic oxidation sites excluding steroid dienone is 2. The molecule has 5 heteroatoms. The smallest absolute Gasteiger partial charge is 0.229 e. The maximum Gasteiger partial charge on any atom is 0.229 e. The van der Waals surface area contributed by atoms with Crippen LogP contribution in [0.3, 0.4) is 0 Å². The molecule has 1 aliphatic carbocycles. The van der Waals surface area contributed by atoms with Crippen LogP contribution >= 0.6 is 0 Å². The van der Waals surface area contributed by atoms with Gasteiger partial charge in [-0.3, -0.25) is 4.79 Å². The highest BCUT2D eigenvalue weighted by Gasteiger charge is 2.38. The summed E-state index contributed by atoms with van der Waals surface area (Å²) in [4.78, 5) is 24.3. The van der Waals surface area contributed by atoms with Gasteiger partial charge in [0.25, 0.3) is 0 Å². The number of aromatic nitrogens is 2. The average Bonchev–Trinajstić information content (AvgIpc) is 2.73. The molecule has 0 radical (unpaired) electrons. The number of rotatable bonds is 3. The van der Waals surface area contributed by atoms with Crippen LogP contribution in [0.25, 0.3) is 11.3 Å². The van der Waals surface area contributed by atoms with Crippen molar-refractivity contribution in [1.29, 1.82) is 0 Å². The van der Waals surface area contributed by atoms with Gasteiger partial charge in [-0.1, -0.05) is 19.1 Å². The molecule has 4 rings (SSSR count). The average molecular weight is 363 g/mol. The van der Waals surface area contributed by atoms with Crippen LogP contribution in [-0.2, 0) is 17.8 Å². The maximum absolute atomic E-state index is 13.3. The van der Waals surface area contributed by atoms with Crippen molar-refractivity contribution in [2.24, 2.45) is 5.41 Å². The lowest BCUT2D eigenvalue weighted by Gasteiger charge is -2.37. The number of hydrogen-bond acceptors (Lipinski definition) is 4. The number of amides is 1. The van der Waals surface area contributed by atoms with Gasteiger partial charge in [0, 0.05) is 30.6 Å². The number of nitrogens with zero attached hydrogens (tertiary/aromatic N) is 3. The third-order valence-electron chi connectivity index (χ3n) is 5.77. The van der Waals surface area contributed by atoms with E-state index in [1.165, 1.54) is 0 Å². The van der Waals surface area contributed by atoms with Gasteiger partial charge in [-0.05, 0) is 43.5 Å². The summed E-state index contributed by atoms with van der Waals surface area (Å²) >= 11 is 0. The van der Waals surface area contributed by atoms with Gasteiger partial charge in [0.1, 0.15) is 12.1 Å². The Morgan fingerprint density at radius 1 is 1.19 bits per heavy atom. The zero-order valence-electron chi connectivity index (χ0n) is 15.9. The lowest BCUT2D eigenvalue weighted by Crippen LogP contribution is -2.45. The third-order valence-corrected chi connectivity index (χ3v) is 5.77. The molecule has 27 heavy (non-hydrogen) atoms.